The van der Waals surface area contributed by atoms with Crippen molar-refractivity contribution in [2.75, 3.05) is 19.8 Å². The van der Waals surface area contributed by atoms with Crippen LogP contribution < -0.4 is 0 Å². The lowest BCUT2D eigenvalue weighted by Crippen LogP contribution is -2.52. The molecule has 0 aromatic carbocycles. The van der Waals surface area contributed by atoms with Crippen molar-refractivity contribution in [1.29, 1.82) is 0 Å². The number of rotatable bonds is 9. The standard InChI is InChI=1S/C18H32O3/c1-4-6-7-8-9-10-11-12-16-18(14-21-18)17(19-5-2)15(3)13-20-16/h11-12,15-17H,4-10,13-14H2,1-3H3/b12-11-/t15?,16-,17?,18-/m0/s1. The van der Waals surface area contributed by atoms with E-state index in [4.69, 9.17) is 14.2 Å². The van der Waals surface area contributed by atoms with Gasteiger partial charge in [0.1, 0.15) is 11.7 Å². The first-order valence-electron chi connectivity index (χ1n) is 8.78. The van der Waals surface area contributed by atoms with Crippen LogP contribution in [-0.4, -0.2) is 37.6 Å². The summed E-state index contributed by atoms with van der Waals surface area (Å²) in [7, 11) is 0. The minimum Gasteiger partial charge on any atom is -0.375 e. The smallest absolute Gasteiger partial charge is 0.147 e. The monoisotopic (exact) mass is 296 g/mol. The fourth-order valence-corrected chi connectivity index (χ4v) is 3.33. The average molecular weight is 296 g/mol. The van der Waals surface area contributed by atoms with Crippen molar-refractivity contribution in [3.63, 3.8) is 0 Å². The molecule has 2 rings (SSSR count). The predicted molar refractivity (Wildman–Crippen MR) is 85.5 cm³/mol. The number of hydrogen-bond donors (Lipinski definition) is 0. The van der Waals surface area contributed by atoms with Crippen LogP contribution in [0.1, 0.15) is 59.3 Å². The van der Waals surface area contributed by atoms with E-state index in [0.717, 1.165) is 26.2 Å². The lowest BCUT2D eigenvalue weighted by Gasteiger charge is -2.38. The summed E-state index contributed by atoms with van der Waals surface area (Å²) in [6.45, 7) is 8.78. The first-order chi connectivity index (χ1) is 10.2. The van der Waals surface area contributed by atoms with Gasteiger partial charge < -0.3 is 14.2 Å². The molecule has 0 bridgehead atoms. The Kier molecular flexibility index (Phi) is 6.72. The highest BCUT2D eigenvalue weighted by Gasteiger charge is 2.61. The van der Waals surface area contributed by atoms with Crippen LogP contribution in [0.5, 0.6) is 0 Å². The molecule has 0 saturated carbocycles. The van der Waals surface area contributed by atoms with E-state index in [0.29, 0.717) is 5.92 Å². The van der Waals surface area contributed by atoms with Gasteiger partial charge in [0.25, 0.3) is 0 Å². The zero-order valence-electron chi connectivity index (χ0n) is 14.0. The van der Waals surface area contributed by atoms with E-state index in [-0.39, 0.29) is 17.8 Å². The molecule has 21 heavy (non-hydrogen) atoms. The molecule has 0 aromatic rings. The van der Waals surface area contributed by atoms with Crippen LogP contribution in [0.25, 0.3) is 0 Å². The van der Waals surface area contributed by atoms with E-state index < -0.39 is 0 Å². The summed E-state index contributed by atoms with van der Waals surface area (Å²) in [4.78, 5) is 0. The van der Waals surface area contributed by atoms with Crippen molar-refractivity contribution in [3.8, 4) is 0 Å². The first-order valence-corrected chi connectivity index (χ1v) is 8.78. The van der Waals surface area contributed by atoms with Gasteiger partial charge >= 0.3 is 0 Å². The quantitative estimate of drug-likeness (QED) is 0.364. The number of epoxide rings is 1. The number of allylic oxidation sites excluding steroid dienone is 1. The molecule has 0 aromatic heterocycles. The Balaban J connectivity index is 1.77. The van der Waals surface area contributed by atoms with E-state index in [2.05, 4.69) is 32.9 Å². The van der Waals surface area contributed by atoms with Crippen LogP contribution in [-0.2, 0) is 14.2 Å². The molecular weight excluding hydrogens is 264 g/mol. The van der Waals surface area contributed by atoms with E-state index in [9.17, 15) is 0 Å². The summed E-state index contributed by atoms with van der Waals surface area (Å²) in [6.07, 6.45) is 12.5. The molecular formula is C18H32O3. The molecule has 2 unspecified atom stereocenters. The fourth-order valence-electron chi connectivity index (χ4n) is 3.33. The second-order valence-electron chi connectivity index (χ2n) is 6.48. The van der Waals surface area contributed by atoms with Gasteiger partial charge in [-0.1, -0.05) is 51.7 Å². The van der Waals surface area contributed by atoms with Crippen molar-refractivity contribution in [2.45, 2.75) is 77.1 Å². The fraction of sp³-hybridized carbons (Fsp3) is 0.889. The van der Waals surface area contributed by atoms with Crippen LogP contribution in [0.3, 0.4) is 0 Å². The van der Waals surface area contributed by atoms with Crippen molar-refractivity contribution in [1.82, 2.24) is 0 Å². The van der Waals surface area contributed by atoms with Crippen LogP contribution in [0.15, 0.2) is 12.2 Å². The van der Waals surface area contributed by atoms with Crippen molar-refractivity contribution in [3.05, 3.63) is 12.2 Å². The summed E-state index contributed by atoms with van der Waals surface area (Å²) in [6, 6.07) is 0. The molecule has 2 aliphatic rings. The van der Waals surface area contributed by atoms with Crippen molar-refractivity contribution >= 4 is 0 Å². The molecule has 0 N–H and O–H groups in total. The van der Waals surface area contributed by atoms with Gasteiger partial charge in [-0.25, -0.2) is 0 Å². The van der Waals surface area contributed by atoms with E-state index in [1.54, 1.807) is 0 Å². The Hall–Kier alpha value is -0.380. The molecule has 2 aliphatic heterocycles. The van der Waals surface area contributed by atoms with Gasteiger partial charge in [-0.05, 0) is 19.8 Å². The molecule has 2 saturated heterocycles. The van der Waals surface area contributed by atoms with Crippen LogP contribution in [0.4, 0.5) is 0 Å². The molecule has 0 amide bonds. The lowest BCUT2D eigenvalue weighted by molar-refractivity contribution is -0.140. The Morgan fingerprint density at radius 2 is 1.95 bits per heavy atom. The highest BCUT2D eigenvalue weighted by molar-refractivity contribution is 5.16. The Labute approximate surface area is 130 Å². The van der Waals surface area contributed by atoms with Gasteiger partial charge in [-0.3, -0.25) is 0 Å². The predicted octanol–water partition coefficient (Wildman–Crippen LogP) is 4.11. The summed E-state index contributed by atoms with van der Waals surface area (Å²) < 4.78 is 17.7. The zero-order valence-corrected chi connectivity index (χ0v) is 14.0. The largest absolute Gasteiger partial charge is 0.375 e. The Morgan fingerprint density at radius 1 is 1.19 bits per heavy atom. The second kappa shape index (κ2) is 8.30. The topological polar surface area (TPSA) is 31.0 Å². The molecule has 122 valence electrons. The maximum absolute atomic E-state index is 6.00. The SMILES string of the molecule is CCCCCCC/C=C\[C@@H]1OCC(C)C(OCC)[C@]12CO2. The summed E-state index contributed by atoms with van der Waals surface area (Å²) >= 11 is 0. The van der Waals surface area contributed by atoms with Crippen LogP contribution in [0.2, 0.25) is 0 Å². The maximum atomic E-state index is 6.00. The second-order valence-corrected chi connectivity index (χ2v) is 6.48. The molecule has 2 fully saturated rings. The number of hydrogen-bond acceptors (Lipinski definition) is 3. The molecule has 2 heterocycles. The van der Waals surface area contributed by atoms with Crippen molar-refractivity contribution < 1.29 is 14.2 Å². The molecule has 0 radical (unpaired) electrons. The molecule has 0 aliphatic carbocycles. The van der Waals surface area contributed by atoms with E-state index >= 15 is 0 Å². The van der Waals surface area contributed by atoms with Crippen molar-refractivity contribution in [2.24, 2.45) is 5.92 Å². The van der Waals surface area contributed by atoms with Gasteiger partial charge in [0, 0.05) is 12.5 Å². The Bertz CT molecular complexity index is 322. The summed E-state index contributed by atoms with van der Waals surface area (Å²) in [5.41, 5.74) is -0.202. The normalized spacial score (nSPS) is 35.7. The van der Waals surface area contributed by atoms with Gasteiger partial charge in [-0.15, -0.1) is 0 Å². The first kappa shape index (κ1) is 17.0. The third kappa shape index (κ3) is 4.30. The van der Waals surface area contributed by atoms with Crippen LogP contribution in [0, 0.1) is 5.92 Å². The minimum absolute atomic E-state index is 0.0703. The van der Waals surface area contributed by atoms with E-state index in [1.807, 2.05) is 0 Å². The van der Waals surface area contributed by atoms with Gasteiger partial charge in [0.15, 0.2) is 0 Å². The minimum atomic E-state index is -0.202. The third-order valence-corrected chi connectivity index (χ3v) is 4.63. The molecule has 4 atom stereocenters. The van der Waals surface area contributed by atoms with Crippen LogP contribution >= 0.6 is 0 Å². The van der Waals surface area contributed by atoms with Gasteiger partial charge in [0.2, 0.25) is 0 Å². The average Bonchev–Trinajstić information content (AvgIpc) is 3.26. The van der Waals surface area contributed by atoms with E-state index in [1.165, 1.54) is 32.1 Å². The number of ether oxygens (including phenoxy) is 3. The lowest BCUT2D eigenvalue weighted by atomic mass is 9.85. The summed E-state index contributed by atoms with van der Waals surface area (Å²) in [5, 5.41) is 0. The highest BCUT2D eigenvalue weighted by Crippen LogP contribution is 2.44. The van der Waals surface area contributed by atoms with Gasteiger partial charge in [-0.2, -0.15) is 0 Å². The molecule has 3 heteroatoms. The summed E-state index contributed by atoms with van der Waals surface area (Å²) in [5.74, 6) is 0.408. The molecule has 3 nitrogen and oxygen atoms in total. The Morgan fingerprint density at radius 3 is 2.62 bits per heavy atom. The highest BCUT2D eigenvalue weighted by atomic mass is 16.7. The zero-order chi connectivity index (χ0) is 15.1. The molecule has 1 spiro atoms. The number of unbranched alkanes of at least 4 members (excludes halogenated alkanes) is 5. The third-order valence-electron chi connectivity index (χ3n) is 4.63. The van der Waals surface area contributed by atoms with Gasteiger partial charge in [0.05, 0.1) is 19.3 Å². The maximum Gasteiger partial charge on any atom is 0.147 e.